The molecule has 0 saturated carbocycles. The standard InChI is InChI=1S/C15H25NO/c1-12(2)11-15(3,17)14-8-4-6-13(10-14)7-5-9-16/h4,6,8,10,12,17H,5,7,9,11,16H2,1-3H3. The Hall–Kier alpha value is -0.860. The fourth-order valence-corrected chi connectivity index (χ4v) is 2.28. The molecule has 96 valence electrons. The molecule has 17 heavy (non-hydrogen) atoms. The fourth-order valence-electron chi connectivity index (χ4n) is 2.28. The van der Waals surface area contributed by atoms with E-state index in [1.165, 1.54) is 5.56 Å². The predicted octanol–water partition coefficient (Wildman–Crippen LogP) is 2.83. The summed E-state index contributed by atoms with van der Waals surface area (Å²) in [6.45, 7) is 6.88. The van der Waals surface area contributed by atoms with Crippen LogP contribution in [-0.2, 0) is 12.0 Å². The highest BCUT2D eigenvalue weighted by atomic mass is 16.3. The molecule has 0 aliphatic heterocycles. The third-order valence-electron chi connectivity index (χ3n) is 3.02. The minimum atomic E-state index is -0.729. The zero-order chi connectivity index (χ0) is 12.9. The van der Waals surface area contributed by atoms with Gasteiger partial charge < -0.3 is 10.8 Å². The maximum Gasteiger partial charge on any atom is 0.0871 e. The highest BCUT2D eigenvalue weighted by Gasteiger charge is 2.24. The third kappa shape index (κ3) is 4.49. The number of nitrogens with two attached hydrogens (primary N) is 1. The predicted molar refractivity (Wildman–Crippen MR) is 72.8 cm³/mol. The molecule has 0 aromatic heterocycles. The zero-order valence-electron chi connectivity index (χ0n) is 11.2. The Bertz CT molecular complexity index is 345. The van der Waals surface area contributed by atoms with E-state index in [-0.39, 0.29) is 0 Å². The molecule has 1 aromatic carbocycles. The van der Waals surface area contributed by atoms with E-state index in [0.29, 0.717) is 12.5 Å². The van der Waals surface area contributed by atoms with Crippen LogP contribution >= 0.6 is 0 Å². The second-order valence-corrected chi connectivity index (χ2v) is 5.46. The Labute approximate surface area is 105 Å². The SMILES string of the molecule is CC(C)CC(C)(O)c1cccc(CCCN)c1. The minimum Gasteiger partial charge on any atom is -0.385 e. The Morgan fingerprint density at radius 2 is 2.06 bits per heavy atom. The second-order valence-electron chi connectivity index (χ2n) is 5.46. The number of aliphatic hydroxyl groups is 1. The molecule has 0 radical (unpaired) electrons. The van der Waals surface area contributed by atoms with E-state index in [1.807, 2.05) is 19.1 Å². The van der Waals surface area contributed by atoms with Gasteiger partial charge in [-0.25, -0.2) is 0 Å². The van der Waals surface area contributed by atoms with Crippen molar-refractivity contribution in [3.63, 3.8) is 0 Å². The van der Waals surface area contributed by atoms with E-state index in [0.717, 1.165) is 24.8 Å². The van der Waals surface area contributed by atoms with Crippen molar-refractivity contribution in [2.45, 2.75) is 45.6 Å². The third-order valence-corrected chi connectivity index (χ3v) is 3.02. The smallest absolute Gasteiger partial charge is 0.0871 e. The zero-order valence-corrected chi connectivity index (χ0v) is 11.2. The Morgan fingerprint density at radius 1 is 1.35 bits per heavy atom. The molecular weight excluding hydrogens is 210 g/mol. The summed E-state index contributed by atoms with van der Waals surface area (Å²) >= 11 is 0. The van der Waals surface area contributed by atoms with Gasteiger partial charge in [-0.3, -0.25) is 0 Å². The fraction of sp³-hybridized carbons (Fsp3) is 0.600. The first-order chi connectivity index (χ1) is 7.95. The van der Waals surface area contributed by atoms with Crippen molar-refractivity contribution >= 4 is 0 Å². The second kappa shape index (κ2) is 6.18. The number of rotatable bonds is 6. The quantitative estimate of drug-likeness (QED) is 0.796. The number of benzene rings is 1. The van der Waals surface area contributed by atoms with Crippen LogP contribution in [0.25, 0.3) is 0 Å². The van der Waals surface area contributed by atoms with Gasteiger partial charge in [0.25, 0.3) is 0 Å². The highest BCUT2D eigenvalue weighted by molar-refractivity contribution is 5.28. The van der Waals surface area contributed by atoms with Crippen molar-refractivity contribution in [1.82, 2.24) is 0 Å². The lowest BCUT2D eigenvalue weighted by molar-refractivity contribution is 0.0348. The van der Waals surface area contributed by atoms with Gasteiger partial charge in [0, 0.05) is 0 Å². The van der Waals surface area contributed by atoms with Gasteiger partial charge in [-0.05, 0) is 49.8 Å². The molecule has 0 saturated heterocycles. The lowest BCUT2D eigenvalue weighted by Gasteiger charge is -2.26. The van der Waals surface area contributed by atoms with E-state index in [9.17, 15) is 5.11 Å². The summed E-state index contributed by atoms with van der Waals surface area (Å²) in [6, 6.07) is 8.24. The largest absolute Gasteiger partial charge is 0.385 e. The molecule has 2 heteroatoms. The molecule has 0 amide bonds. The van der Waals surface area contributed by atoms with Crippen molar-refractivity contribution in [2.75, 3.05) is 6.54 Å². The molecule has 2 nitrogen and oxygen atoms in total. The van der Waals surface area contributed by atoms with Crippen molar-refractivity contribution in [2.24, 2.45) is 11.7 Å². The Kier molecular flexibility index (Phi) is 5.16. The van der Waals surface area contributed by atoms with Crippen LogP contribution in [0, 0.1) is 5.92 Å². The van der Waals surface area contributed by atoms with Gasteiger partial charge in [0.1, 0.15) is 0 Å². The lowest BCUT2D eigenvalue weighted by atomic mass is 9.86. The molecule has 1 atom stereocenters. The molecule has 3 N–H and O–H groups in total. The van der Waals surface area contributed by atoms with Crippen molar-refractivity contribution in [3.05, 3.63) is 35.4 Å². The summed E-state index contributed by atoms with van der Waals surface area (Å²) in [5.74, 6) is 0.484. The molecule has 0 heterocycles. The van der Waals surface area contributed by atoms with Crippen LogP contribution in [0.3, 0.4) is 0 Å². The number of hydrogen-bond donors (Lipinski definition) is 2. The van der Waals surface area contributed by atoms with E-state index < -0.39 is 5.60 Å². The molecular formula is C15H25NO. The summed E-state index contributed by atoms with van der Waals surface area (Å²) in [7, 11) is 0. The van der Waals surface area contributed by atoms with E-state index in [4.69, 9.17) is 5.73 Å². The van der Waals surface area contributed by atoms with Gasteiger partial charge in [-0.1, -0.05) is 38.1 Å². The molecule has 1 unspecified atom stereocenters. The van der Waals surface area contributed by atoms with Gasteiger partial charge in [0.2, 0.25) is 0 Å². The molecule has 0 bridgehead atoms. The normalized spacial score (nSPS) is 14.9. The molecule has 0 aliphatic carbocycles. The van der Waals surface area contributed by atoms with Crippen LogP contribution in [0.15, 0.2) is 24.3 Å². The summed E-state index contributed by atoms with van der Waals surface area (Å²) in [6.07, 6.45) is 2.77. The van der Waals surface area contributed by atoms with Crippen LogP contribution in [-0.4, -0.2) is 11.7 Å². The first-order valence-corrected chi connectivity index (χ1v) is 6.47. The Morgan fingerprint density at radius 3 is 2.65 bits per heavy atom. The monoisotopic (exact) mass is 235 g/mol. The van der Waals surface area contributed by atoms with Crippen LogP contribution in [0.2, 0.25) is 0 Å². The summed E-state index contributed by atoms with van der Waals surface area (Å²) in [4.78, 5) is 0. The van der Waals surface area contributed by atoms with Crippen LogP contribution in [0.5, 0.6) is 0 Å². The minimum absolute atomic E-state index is 0.484. The number of aryl methyl sites for hydroxylation is 1. The van der Waals surface area contributed by atoms with Crippen LogP contribution < -0.4 is 5.73 Å². The van der Waals surface area contributed by atoms with E-state index in [1.54, 1.807) is 0 Å². The highest BCUT2D eigenvalue weighted by Crippen LogP contribution is 2.28. The molecule has 0 fully saturated rings. The van der Waals surface area contributed by atoms with Crippen molar-refractivity contribution in [1.29, 1.82) is 0 Å². The lowest BCUT2D eigenvalue weighted by Crippen LogP contribution is -2.23. The average molecular weight is 235 g/mol. The van der Waals surface area contributed by atoms with Gasteiger partial charge in [0.05, 0.1) is 5.60 Å². The first-order valence-electron chi connectivity index (χ1n) is 6.47. The van der Waals surface area contributed by atoms with Gasteiger partial charge in [-0.15, -0.1) is 0 Å². The molecule has 0 spiro atoms. The maximum atomic E-state index is 10.5. The Balaban J connectivity index is 2.82. The van der Waals surface area contributed by atoms with E-state index >= 15 is 0 Å². The van der Waals surface area contributed by atoms with Gasteiger partial charge in [0.15, 0.2) is 0 Å². The van der Waals surface area contributed by atoms with Crippen LogP contribution in [0.4, 0.5) is 0 Å². The summed E-state index contributed by atoms with van der Waals surface area (Å²) < 4.78 is 0. The van der Waals surface area contributed by atoms with E-state index in [2.05, 4.69) is 26.0 Å². The maximum absolute atomic E-state index is 10.5. The van der Waals surface area contributed by atoms with Crippen molar-refractivity contribution in [3.8, 4) is 0 Å². The van der Waals surface area contributed by atoms with Gasteiger partial charge in [-0.2, -0.15) is 0 Å². The molecule has 1 aromatic rings. The average Bonchev–Trinajstić information content (AvgIpc) is 2.25. The van der Waals surface area contributed by atoms with Crippen LogP contribution in [0.1, 0.15) is 44.7 Å². The topological polar surface area (TPSA) is 46.2 Å². The summed E-state index contributed by atoms with van der Waals surface area (Å²) in [5.41, 5.74) is 7.06. The molecule has 1 rings (SSSR count). The summed E-state index contributed by atoms with van der Waals surface area (Å²) in [5, 5.41) is 10.5. The molecule has 0 aliphatic rings. The first kappa shape index (κ1) is 14.2. The van der Waals surface area contributed by atoms with Gasteiger partial charge >= 0.3 is 0 Å². The van der Waals surface area contributed by atoms with Crippen molar-refractivity contribution < 1.29 is 5.11 Å². The number of hydrogen-bond acceptors (Lipinski definition) is 2.